The number of nitrogens with one attached hydrogen (secondary N) is 1. The summed E-state index contributed by atoms with van der Waals surface area (Å²) < 4.78 is 28.7. The number of rotatable bonds is 4. The quantitative estimate of drug-likeness (QED) is 0.838. The molecule has 0 aromatic heterocycles. The second kappa shape index (κ2) is 6.57. The van der Waals surface area contributed by atoms with Gasteiger partial charge in [-0.2, -0.15) is 0 Å². The molecule has 1 fully saturated rings. The minimum atomic E-state index is -0.735. The Morgan fingerprint density at radius 3 is 2.52 bits per heavy atom. The summed E-state index contributed by atoms with van der Waals surface area (Å²) in [7, 11) is 0. The third-order valence-electron chi connectivity index (χ3n) is 4.02. The molecule has 1 aliphatic rings. The van der Waals surface area contributed by atoms with Gasteiger partial charge in [-0.15, -0.1) is 0 Å². The first-order valence-corrected chi connectivity index (χ1v) is 7.45. The summed E-state index contributed by atoms with van der Waals surface area (Å²) in [6.45, 7) is 6.27. The van der Waals surface area contributed by atoms with Crippen LogP contribution in [-0.2, 0) is 0 Å². The molecule has 2 N–H and O–H groups in total. The second-order valence-corrected chi connectivity index (χ2v) is 6.50. The average Bonchev–Trinajstić information content (AvgIpc) is 2.48. The molecule has 2 rings (SSSR count). The maximum absolute atomic E-state index is 14.4. The topological polar surface area (TPSA) is 35.5 Å². The van der Waals surface area contributed by atoms with Gasteiger partial charge in [-0.1, -0.05) is 25.4 Å². The van der Waals surface area contributed by atoms with Crippen LogP contribution in [0.3, 0.4) is 0 Å². The van der Waals surface area contributed by atoms with E-state index in [-0.39, 0.29) is 17.2 Å². The van der Waals surface area contributed by atoms with Gasteiger partial charge in [0, 0.05) is 49.8 Å². The van der Waals surface area contributed by atoms with Crippen LogP contribution >= 0.6 is 11.6 Å². The highest BCUT2D eigenvalue weighted by Gasteiger charge is 2.39. The Labute approximate surface area is 128 Å². The third kappa shape index (κ3) is 3.37. The normalized spacial score (nSPS) is 18.8. The first-order chi connectivity index (χ1) is 9.88. The van der Waals surface area contributed by atoms with E-state index in [0.717, 1.165) is 13.1 Å². The van der Waals surface area contributed by atoms with Gasteiger partial charge in [-0.25, -0.2) is 8.78 Å². The lowest BCUT2D eigenvalue weighted by Gasteiger charge is -2.43. The summed E-state index contributed by atoms with van der Waals surface area (Å²) >= 11 is 5.83. The molecule has 0 aliphatic carbocycles. The maximum atomic E-state index is 14.4. The summed E-state index contributed by atoms with van der Waals surface area (Å²) in [4.78, 5) is 2.00. The van der Waals surface area contributed by atoms with Crippen molar-refractivity contribution in [3.63, 3.8) is 0 Å². The Kier molecular flexibility index (Phi) is 5.20. The van der Waals surface area contributed by atoms with E-state index < -0.39 is 23.1 Å². The minimum Gasteiger partial charge on any atom is -0.396 e. The van der Waals surface area contributed by atoms with Crippen molar-refractivity contribution in [3.8, 4) is 0 Å². The van der Waals surface area contributed by atoms with Crippen molar-refractivity contribution in [2.75, 3.05) is 32.8 Å². The van der Waals surface area contributed by atoms with E-state index in [1.54, 1.807) is 13.8 Å². The van der Waals surface area contributed by atoms with Crippen molar-refractivity contribution in [2.24, 2.45) is 5.41 Å². The van der Waals surface area contributed by atoms with E-state index in [1.165, 1.54) is 12.1 Å². The number of nitrogens with zero attached hydrogens (tertiary/aromatic N) is 1. The molecule has 0 spiro atoms. The number of aliphatic hydroxyl groups is 1. The number of aliphatic hydroxyl groups excluding tert-OH is 1. The lowest BCUT2D eigenvalue weighted by atomic mass is 9.79. The van der Waals surface area contributed by atoms with Gasteiger partial charge in [-0.3, -0.25) is 4.90 Å². The van der Waals surface area contributed by atoms with E-state index in [1.807, 2.05) is 4.90 Å². The number of benzene rings is 1. The van der Waals surface area contributed by atoms with Crippen LogP contribution in [-0.4, -0.2) is 42.8 Å². The third-order valence-corrected chi connectivity index (χ3v) is 4.31. The van der Waals surface area contributed by atoms with E-state index in [4.69, 9.17) is 11.6 Å². The van der Waals surface area contributed by atoms with Crippen LogP contribution in [0, 0.1) is 17.0 Å². The molecule has 1 saturated heterocycles. The second-order valence-electron chi connectivity index (χ2n) is 6.09. The van der Waals surface area contributed by atoms with Crippen LogP contribution in [0.4, 0.5) is 8.78 Å². The Balaban J connectivity index is 2.52. The molecular weight excluding hydrogens is 298 g/mol. The maximum Gasteiger partial charge on any atom is 0.149 e. The molecule has 0 saturated carbocycles. The Hall–Kier alpha value is -0.750. The lowest BCUT2D eigenvalue weighted by Crippen LogP contribution is -2.50. The smallest absolute Gasteiger partial charge is 0.149 e. The van der Waals surface area contributed by atoms with Crippen LogP contribution in [0.2, 0.25) is 5.02 Å². The molecular formula is C15H21ClF2N2O. The van der Waals surface area contributed by atoms with E-state index in [2.05, 4.69) is 5.32 Å². The fourth-order valence-electron chi connectivity index (χ4n) is 2.89. The Bertz CT molecular complexity index is 505. The lowest BCUT2D eigenvalue weighted by molar-refractivity contribution is 0.0266. The molecule has 21 heavy (non-hydrogen) atoms. The summed E-state index contributed by atoms with van der Waals surface area (Å²) in [6, 6.07) is 1.84. The fourth-order valence-corrected chi connectivity index (χ4v) is 3.05. The number of hydrogen-bond donors (Lipinski definition) is 2. The van der Waals surface area contributed by atoms with Crippen LogP contribution in [0.25, 0.3) is 0 Å². The number of halogens is 3. The minimum absolute atomic E-state index is 0.0524. The zero-order valence-corrected chi connectivity index (χ0v) is 13.1. The largest absolute Gasteiger partial charge is 0.396 e. The molecule has 0 radical (unpaired) electrons. The van der Waals surface area contributed by atoms with Gasteiger partial charge in [0.15, 0.2) is 0 Å². The van der Waals surface area contributed by atoms with E-state index in [0.29, 0.717) is 13.1 Å². The number of piperazine rings is 1. The van der Waals surface area contributed by atoms with Crippen LogP contribution < -0.4 is 5.32 Å². The van der Waals surface area contributed by atoms with Gasteiger partial charge in [0.1, 0.15) is 11.6 Å². The fraction of sp³-hybridized carbons (Fsp3) is 0.600. The monoisotopic (exact) mass is 318 g/mol. The Morgan fingerprint density at radius 1 is 1.33 bits per heavy atom. The predicted octanol–water partition coefficient (Wildman–Crippen LogP) is 2.58. The van der Waals surface area contributed by atoms with Gasteiger partial charge in [0.05, 0.1) is 5.02 Å². The SMILES string of the molecule is CC(C)(CO)[C@@H](c1c(F)ccc(Cl)c1F)N1CCNCC1. The molecule has 3 nitrogen and oxygen atoms in total. The van der Waals surface area contributed by atoms with Crippen LogP contribution in [0.5, 0.6) is 0 Å². The van der Waals surface area contributed by atoms with Gasteiger partial charge in [-0.05, 0) is 12.1 Å². The number of hydrogen-bond acceptors (Lipinski definition) is 3. The van der Waals surface area contributed by atoms with Crippen molar-refractivity contribution in [2.45, 2.75) is 19.9 Å². The molecule has 0 unspecified atom stereocenters. The molecule has 1 aromatic rings. The van der Waals surface area contributed by atoms with Gasteiger partial charge >= 0.3 is 0 Å². The summed E-state index contributed by atoms with van der Waals surface area (Å²) in [6.07, 6.45) is 0. The average molecular weight is 319 g/mol. The highest BCUT2D eigenvalue weighted by atomic mass is 35.5. The van der Waals surface area contributed by atoms with Crippen LogP contribution in [0.15, 0.2) is 12.1 Å². The predicted molar refractivity (Wildman–Crippen MR) is 79.4 cm³/mol. The van der Waals surface area contributed by atoms with Crippen molar-refractivity contribution < 1.29 is 13.9 Å². The molecule has 0 bridgehead atoms. The first kappa shape index (κ1) is 16.6. The summed E-state index contributed by atoms with van der Waals surface area (Å²) in [5.74, 6) is -1.36. The molecule has 6 heteroatoms. The summed E-state index contributed by atoms with van der Waals surface area (Å²) in [5, 5.41) is 12.8. The molecule has 118 valence electrons. The molecule has 0 amide bonds. The zero-order chi connectivity index (χ0) is 15.6. The van der Waals surface area contributed by atoms with E-state index in [9.17, 15) is 13.9 Å². The highest BCUT2D eigenvalue weighted by molar-refractivity contribution is 6.30. The molecule has 1 aromatic carbocycles. The zero-order valence-electron chi connectivity index (χ0n) is 12.3. The van der Waals surface area contributed by atoms with Crippen molar-refractivity contribution in [1.29, 1.82) is 0 Å². The van der Waals surface area contributed by atoms with Crippen molar-refractivity contribution >= 4 is 11.6 Å². The van der Waals surface area contributed by atoms with Crippen molar-refractivity contribution in [3.05, 3.63) is 34.4 Å². The highest BCUT2D eigenvalue weighted by Crippen LogP contribution is 2.41. The molecule has 1 atom stereocenters. The standard InChI is InChI=1S/C15H21ClF2N2O/c1-15(2,9-21)14(20-7-5-19-6-8-20)12-11(17)4-3-10(16)13(12)18/h3-4,14,19,21H,5-9H2,1-2H3/t14-/m1/s1. The van der Waals surface area contributed by atoms with Crippen LogP contribution in [0.1, 0.15) is 25.5 Å². The Morgan fingerprint density at radius 2 is 1.95 bits per heavy atom. The first-order valence-electron chi connectivity index (χ1n) is 7.07. The van der Waals surface area contributed by atoms with Gasteiger partial charge < -0.3 is 10.4 Å². The molecule has 1 aliphatic heterocycles. The van der Waals surface area contributed by atoms with E-state index >= 15 is 0 Å². The summed E-state index contributed by atoms with van der Waals surface area (Å²) in [5.41, 5.74) is -0.743. The van der Waals surface area contributed by atoms with Gasteiger partial charge in [0.25, 0.3) is 0 Å². The van der Waals surface area contributed by atoms with Gasteiger partial charge in [0.2, 0.25) is 0 Å². The molecule has 1 heterocycles. The van der Waals surface area contributed by atoms with Crippen molar-refractivity contribution in [1.82, 2.24) is 10.2 Å².